The molecule has 0 saturated carbocycles. The third-order valence-corrected chi connectivity index (χ3v) is 5.76. The molecule has 1 unspecified atom stereocenters. The predicted molar refractivity (Wildman–Crippen MR) is 130 cm³/mol. The number of hydrogen-bond donors (Lipinski definition) is 1. The molecular formula is C27H25ClN2O4. The molecule has 1 amide bonds. The van der Waals surface area contributed by atoms with Crippen LogP contribution in [0.25, 0.3) is 5.76 Å². The van der Waals surface area contributed by atoms with Crippen LogP contribution in [0, 0.1) is 5.92 Å². The first kappa shape index (κ1) is 23.5. The zero-order valence-corrected chi connectivity index (χ0v) is 19.7. The average Bonchev–Trinajstić information content (AvgIpc) is 3.08. The van der Waals surface area contributed by atoms with Crippen molar-refractivity contribution in [1.29, 1.82) is 0 Å². The van der Waals surface area contributed by atoms with Crippen LogP contribution in [0.5, 0.6) is 5.75 Å². The molecule has 6 nitrogen and oxygen atoms in total. The largest absolute Gasteiger partial charge is 0.507 e. The third kappa shape index (κ3) is 4.97. The number of ether oxygens (including phenoxy) is 1. The lowest BCUT2D eigenvalue weighted by atomic mass is 9.95. The second kappa shape index (κ2) is 10.1. The van der Waals surface area contributed by atoms with Gasteiger partial charge in [0.2, 0.25) is 0 Å². The molecule has 2 aromatic carbocycles. The molecule has 0 radical (unpaired) electrons. The molecule has 174 valence electrons. The molecule has 1 N–H and O–H groups in total. The normalized spacial score (nSPS) is 17.4. The maximum Gasteiger partial charge on any atom is 0.295 e. The van der Waals surface area contributed by atoms with Crippen molar-refractivity contribution < 1.29 is 19.4 Å². The van der Waals surface area contributed by atoms with Crippen molar-refractivity contribution in [3.05, 3.63) is 100 Å². The number of hydrogen-bond acceptors (Lipinski definition) is 5. The van der Waals surface area contributed by atoms with Gasteiger partial charge in [-0.15, -0.1) is 0 Å². The molecule has 3 aromatic rings. The van der Waals surface area contributed by atoms with Gasteiger partial charge in [0, 0.05) is 29.5 Å². The van der Waals surface area contributed by atoms with Gasteiger partial charge in [0.25, 0.3) is 11.7 Å². The summed E-state index contributed by atoms with van der Waals surface area (Å²) < 4.78 is 5.71. The van der Waals surface area contributed by atoms with E-state index in [9.17, 15) is 14.7 Å². The lowest BCUT2D eigenvalue weighted by molar-refractivity contribution is -0.140. The fourth-order valence-corrected chi connectivity index (χ4v) is 3.98. The van der Waals surface area contributed by atoms with E-state index in [1.807, 2.05) is 6.07 Å². The van der Waals surface area contributed by atoms with Crippen LogP contribution >= 0.6 is 11.6 Å². The summed E-state index contributed by atoms with van der Waals surface area (Å²) in [7, 11) is 0. The summed E-state index contributed by atoms with van der Waals surface area (Å²) in [5, 5.41) is 11.7. The number of likely N-dealkylation sites (tertiary alicyclic amines) is 1. The van der Waals surface area contributed by atoms with Crippen molar-refractivity contribution in [1.82, 2.24) is 9.88 Å². The van der Waals surface area contributed by atoms with Crippen LogP contribution in [0.3, 0.4) is 0 Å². The monoisotopic (exact) mass is 476 g/mol. The Hall–Kier alpha value is -3.64. The van der Waals surface area contributed by atoms with Crippen molar-refractivity contribution in [3.63, 3.8) is 0 Å². The number of aliphatic hydroxyl groups is 1. The number of carbonyl (C=O) groups is 2. The van der Waals surface area contributed by atoms with Gasteiger partial charge in [0.1, 0.15) is 11.5 Å². The fourth-order valence-electron chi connectivity index (χ4n) is 3.85. The van der Waals surface area contributed by atoms with Crippen molar-refractivity contribution in [2.45, 2.75) is 26.4 Å². The van der Waals surface area contributed by atoms with Crippen LogP contribution in [0.1, 0.15) is 36.6 Å². The number of halogens is 1. The first-order chi connectivity index (χ1) is 16.3. The smallest absolute Gasteiger partial charge is 0.295 e. The maximum atomic E-state index is 13.1. The minimum Gasteiger partial charge on any atom is -0.507 e. The van der Waals surface area contributed by atoms with E-state index in [0.29, 0.717) is 34.4 Å². The quantitative estimate of drug-likeness (QED) is 0.281. The van der Waals surface area contributed by atoms with Crippen LogP contribution in [0.4, 0.5) is 0 Å². The molecule has 1 aliphatic rings. The molecule has 7 heteroatoms. The Bertz CT molecular complexity index is 1210. The number of ketones is 1. The number of benzene rings is 2. The van der Waals surface area contributed by atoms with Gasteiger partial charge in [0.15, 0.2) is 0 Å². The van der Waals surface area contributed by atoms with Crippen molar-refractivity contribution in [3.8, 4) is 5.75 Å². The minimum atomic E-state index is -0.769. The molecule has 1 aliphatic heterocycles. The summed E-state index contributed by atoms with van der Waals surface area (Å²) in [6.45, 7) is 4.86. The lowest BCUT2D eigenvalue weighted by Gasteiger charge is -2.25. The number of Topliss-reactive ketones (excluding diaryl/α,β-unsaturated/α-hetero) is 1. The molecule has 34 heavy (non-hydrogen) atoms. The molecule has 1 atom stereocenters. The average molecular weight is 477 g/mol. The second-order valence-electron chi connectivity index (χ2n) is 8.57. The van der Waals surface area contributed by atoms with Gasteiger partial charge in [-0.05, 0) is 59.5 Å². The highest BCUT2D eigenvalue weighted by Crippen LogP contribution is 2.40. The van der Waals surface area contributed by atoms with E-state index in [0.717, 1.165) is 5.56 Å². The molecule has 1 aromatic heterocycles. The van der Waals surface area contributed by atoms with Crippen LogP contribution in [-0.4, -0.2) is 33.3 Å². The van der Waals surface area contributed by atoms with Crippen LogP contribution < -0.4 is 4.74 Å². The predicted octanol–water partition coefficient (Wildman–Crippen LogP) is 5.39. The first-order valence-corrected chi connectivity index (χ1v) is 11.4. The lowest BCUT2D eigenvalue weighted by Crippen LogP contribution is -2.29. The number of carbonyl (C=O) groups excluding carboxylic acids is 2. The van der Waals surface area contributed by atoms with E-state index in [1.165, 1.54) is 4.90 Å². The summed E-state index contributed by atoms with van der Waals surface area (Å²) in [4.78, 5) is 31.8. The number of aromatic nitrogens is 1. The Morgan fingerprint density at radius 1 is 1.09 bits per heavy atom. The molecule has 4 rings (SSSR count). The van der Waals surface area contributed by atoms with Crippen molar-refractivity contribution in [2.24, 2.45) is 5.92 Å². The fraction of sp³-hybridized carbons (Fsp3) is 0.222. The molecule has 1 saturated heterocycles. The molecular weight excluding hydrogens is 452 g/mol. The van der Waals surface area contributed by atoms with Gasteiger partial charge in [-0.3, -0.25) is 14.6 Å². The topological polar surface area (TPSA) is 79.7 Å². The summed E-state index contributed by atoms with van der Waals surface area (Å²) in [6, 6.07) is 16.6. The van der Waals surface area contributed by atoms with E-state index in [4.69, 9.17) is 16.3 Å². The number of amides is 1. The number of aliphatic hydroxyl groups excluding tert-OH is 1. The van der Waals surface area contributed by atoms with Crippen LogP contribution in [0.15, 0.2) is 78.6 Å². The van der Waals surface area contributed by atoms with Crippen molar-refractivity contribution >= 4 is 29.1 Å². The Kier molecular flexibility index (Phi) is 6.98. The van der Waals surface area contributed by atoms with E-state index >= 15 is 0 Å². The van der Waals surface area contributed by atoms with Gasteiger partial charge in [-0.25, -0.2) is 0 Å². The van der Waals surface area contributed by atoms with E-state index in [2.05, 4.69) is 18.8 Å². The summed E-state index contributed by atoms with van der Waals surface area (Å²) in [5.74, 6) is -0.606. The SMILES string of the molecule is CC(C)COc1ccc(/C(O)=C2\C(=O)C(=O)N(Cc3cccnc3)C2c2ccc(Cl)cc2)cc1. The summed E-state index contributed by atoms with van der Waals surface area (Å²) in [6.07, 6.45) is 3.29. The zero-order chi connectivity index (χ0) is 24.2. The summed E-state index contributed by atoms with van der Waals surface area (Å²) >= 11 is 6.07. The van der Waals surface area contributed by atoms with Crippen LogP contribution in [0.2, 0.25) is 5.02 Å². The number of pyridine rings is 1. The van der Waals surface area contributed by atoms with Gasteiger partial charge in [-0.1, -0.05) is 43.6 Å². The highest BCUT2D eigenvalue weighted by molar-refractivity contribution is 6.46. The van der Waals surface area contributed by atoms with E-state index in [-0.39, 0.29) is 17.9 Å². The number of rotatable bonds is 7. The minimum absolute atomic E-state index is 0.0343. The zero-order valence-electron chi connectivity index (χ0n) is 18.9. The molecule has 0 spiro atoms. The Labute approximate surface area is 203 Å². The highest BCUT2D eigenvalue weighted by atomic mass is 35.5. The Morgan fingerprint density at radius 2 is 1.79 bits per heavy atom. The Balaban J connectivity index is 1.75. The molecule has 1 fully saturated rings. The van der Waals surface area contributed by atoms with Gasteiger partial charge in [-0.2, -0.15) is 0 Å². The van der Waals surface area contributed by atoms with Gasteiger partial charge < -0.3 is 14.7 Å². The van der Waals surface area contributed by atoms with E-state index in [1.54, 1.807) is 67.0 Å². The van der Waals surface area contributed by atoms with Crippen molar-refractivity contribution in [2.75, 3.05) is 6.61 Å². The standard InChI is InChI=1S/C27H25ClN2O4/c1-17(2)16-34-22-11-7-20(8-12-22)25(31)23-24(19-5-9-21(28)10-6-19)30(27(33)26(23)32)15-18-4-3-13-29-14-18/h3-14,17,24,31H,15-16H2,1-2H3/b25-23+. The highest BCUT2D eigenvalue weighted by Gasteiger charge is 2.46. The number of nitrogens with zero attached hydrogens (tertiary/aromatic N) is 2. The van der Waals surface area contributed by atoms with E-state index < -0.39 is 17.7 Å². The van der Waals surface area contributed by atoms with Gasteiger partial charge >= 0.3 is 0 Å². The van der Waals surface area contributed by atoms with Crippen LogP contribution in [-0.2, 0) is 16.1 Å². The second-order valence-corrected chi connectivity index (χ2v) is 9.01. The summed E-state index contributed by atoms with van der Waals surface area (Å²) in [5.41, 5.74) is 1.91. The molecule has 2 heterocycles. The first-order valence-electron chi connectivity index (χ1n) is 11.0. The third-order valence-electron chi connectivity index (χ3n) is 5.51. The van der Waals surface area contributed by atoms with Gasteiger partial charge in [0.05, 0.1) is 18.2 Å². The molecule has 0 aliphatic carbocycles. The Morgan fingerprint density at radius 3 is 2.41 bits per heavy atom. The molecule has 0 bridgehead atoms. The maximum absolute atomic E-state index is 13.1.